The van der Waals surface area contributed by atoms with Crippen LogP contribution in [0.2, 0.25) is 5.02 Å². The Morgan fingerprint density at radius 2 is 1.73 bits per heavy atom. The monoisotopic (exact) mass is 543 g/mol. The zero-order chi connectivity index (χ0) is 26.2. The second-order valence-electron chi connectivity index (χ2n) is 8.51. The van der Waals surface area contributed by atoms with Gasteiger partial charge in [-0.2, -0.15) is 5.10 Å². The van der Waals surface area contributed by atoms with Gasteiger partial charge in [0.15, 0.2) is 22.5 Å². The van der Waals surface area contributed by atoms with Crippen LogP contribution in [0.25, 0.3) is 11.4 Å². The molecule has 196 valence electrons. The summed E-state index contributed by atoms with van der Waals surface area (Å²) in [6, 6.07) is 11.3. The van der Waals surface area contributed by atoms with Crippen LogP contribution in [0.15, 0.2) is 46.7 Å². The van der Waals surface area contributed by atoms with Crippen LogP contribution < -0.4 is 19.6 Å². The first kappa shape index (κ1) is 26.8. The number of rotatable bonds is 10. The van der Waals surface area contributed by atoms with Gasteiger partial charge in [-0.3, -0.25) is 9.36 Å². The molecule has 9 nitrogen and oxygen atoms in total. The van der Waals surface area contributed by atoms with E-state index in [9.17, 15) is 4.79 Å². The molecule has 2 aromatic carbocycles. The van der Waals surface area contributed by atoms with E-state index >= 15 is 0 Å². The third-order valence-electron chi connectivity index (χ3n) is 6.17. The highest BCUT2D eigenvalue weighted by atomic mass is 35.5. The number of hydrogen-bond acceptors (Lipinski definition) is 8. The van der Waals surface area contributed by atoms with Crippen molar-refractivity contribution in [2.45, 2.75) is 43.3 Å². The molecular weight excluding hydrogens is 514 g/mol. The summed E-state index contributed by atoms with van der Waals surface area (Å²) in [5, 5.41) is 14.4. The number of methoxy groups -OCH3 is 3. The van der Waals surface area contributed by atoms with Crippen LogP contribution in [0.1, 0.15) is 43.7 Å². The Morgan fingerprint density at radius 1 is 1.05 bits per heavy atom. The third kappa shape index (κ3) is 6.56. The Kier molecular flexibility index (Phi) is 9.29. The standard InChI is InChI=1S/C26H30ClN5O4S/c1-34-21-14-23(36-3)22(35-2)13-18(21)15-28-29-24(33)16-37-26-31-30-25(17-9-11-19(27)12-10-17)32(26)20-7-5-4-6-8-20/h9-15,20H,4-8,16H2,1-3H3,(H,29,33)/b28-15+. The van der Waals surface area contributed by atoms with Crippen molar-refractivity contribution in [2.24, 2.45) is 5.10 Å². The van der Waals surface area contributed by atoms with Crippen LogP contribution >= 0.6 is 23.4 Å². The molecule has 1 N–H and O–H groups in total. The van der Waals surface area contributed by atoms with E-state index in [2.05, 4.69) is 25.3 Å². The fourth-order valence-corrected chi connectivity index (χ4v) is 5.25. The number of carbonyl (C=O) groups is 1. The Morgan fingerprint density at radius 3 is 2.41 bits per heavy atom. The zero-order valence-electron chi connectivity index (χ0n) is 21.1. The van der Waals surface area contributed by atoms with Crippen LogP contribution in [-0.2, 0) is 4.79 Å². The maximum atomic E-state index is 12.6. The predicted molar refractivity (Wildman–Crippen MR) is 145 cm³/mol. The van der Waals surface area contributed by atoms with Gasteiger partial charge in [0.25, 0.3) is 5.91 Å². The Balaban J connectivity index is 1.45. The van der Waals surface area contributed by atoms with E-state index in [1.54, 1.807) is 33.5 Å². The number of carbonyl (C=O) groups excluding carboxylic acids is 1. The van der Waals surface area contributed by atoms with Crippen molar-refractivity contribution in [3.63, 3.8) is 0 Å². The summed E-state index contributed by atoms with van der Waals surface area (Å²) in [7, 11) is 4.65. The Hall–Kier alpha value is -3.24. The van der Waals surface area contributed by atoms with Crippen molar-refractivity contribution >= 4 is 35.5 Å². The van der Waals surface area contributed by atoms with Gasteiger partial charge in [0.1, 0.15) is 5.75 Å². The van der Waals surface area contributed by atoms with Crippen molar-refractivity contribution in [3.8, 4) is 28.6 Å². The average molecular weight is 544 g/mol. The summed E-state index contributed by atoms with van der Waals surface area (Å²) in [5.74, 6) is 2.30. The molecule has 1 heterocycles. The number of nitrogens with one attached hydrogen (secondary N) is 1. The fourth-order valence-electron chi connectivity index (χ4n) is 4.33. The number of halogens is 1. The van der Waals surface area contributed by atoms with E-state index in [0.717, 1.165) is 29.4 Å². The highest BCUT2D eigenvalue weighted by molar-refractivity contribution is 7.99. The fraction of sp³-hybridized carbons (Fsp3) is 0.385. The zero-order valence-corrected chi connectivity index (χ0v) is 22.6. The Bertz CT molecular complexity index is 1240. The van der Waals surface area contributed by atoms with E-state index in [1.165, 1.54) is 37.2 Å². The van der Waals surface area contributed by atoms with Crippen LogP contribution in [0.5, 0.6) is 17.2 Å². The molecule has 0 bridgehead atoms. The highest BCUT2D eigenvalue weighted by Crippen LogP contribution is 2.36. The van der Waals surface area contributed by atoms with Gasteiger partial charge in [0.2, 0.25) is 0 Å². The van der Waals surface area contributed by atoms with Crippen molar-refractivity contribution in [1.29, 1.82) is 0 Å². The highest BCUT2D eigenvalue weighted by Gasteiger charge is 2.24. The number of nitrogens with zero attached hydrogens (tertiary/aromatic N) is 4. The van der Waals surface area contributed by atoms with Gasteiger partial charge in [-0.25, -0.2) is 5.43 Å². The number of hydrogen-bond donors (Lipinski definition) is 1. The minimum absolute atomic E-state index is 0.145. The van der Waals surface area contributed by atoms with Crippen LogP contribution in [0, 0.1) is 0 Å². The number of aromatic nitrogens is 3. The first-order chi connectivity index (χ1) is 18.0. The van der Waals surface area contributed by atoms with Gasteiger partial charge in [-0.05, 0) is 43.2 Å². The van der Waals surface area contributed by atoms with E-state index in [0.29, 0.717) is 33.9 Å². The molecule has 1 saturated carbocycles. The number of hydrazone groups is 1. The van der Waals surface area contributed by atoms with Crippen molar-refractivity contribution in [2.75, 3.05) is 27.1 Å². The van der Waals surface area contributed by atoms with Crippen molar-refractivity contribution in [3.05, 3.63) is 47.0 Å². The van der Waals surface area contributed by atoms with Crippen LogP contribution in [0.3, 0.4) is 0 Å². The minimum atomic E-state index is -0.257. The molecule has 1 fully saturated rings. The maximum Gasteiger partial charge on any atom is 0.250 e. The SMILES string of the molecule is COc1cc(OC)c(OC)cc1/C=N/NC(=O)CSc1nnc(-c2ccc(Cl)cc2)n1C1CCCCC1. The lowest BCUT2D eigenvalue weighted by Gasteiger charge is -2.25. The summed E-state index contributed by atoms with van der Waals surface area (Å²) >= 11 is 7.43. The smallest absolute Gasteiger partial charge is 0.250 e. The molecule has 1 aliphatic carbocycles. The average Bonchev–Trinajstić information content (AvgIpc) is 3.36. The number of amides is 1. The van der Waals surface area contributed by atoms with Crippen LogP contribution in [0.4, 0.5) is 0 Å². The quantitative estimate of drug-likeness (QED) is 0.208. The van der Waals surface area contributed by atoms with Crippen molar-refractivity contribution < 1.29 is 19.0 Å². The molecule has 0 unspecified atom stereocenters. The molecule has 0 radical (unpaired) electrons. The van der Waals surface area contributed by atoms with Crippen LogP contribution in [-0.4, -0.2) is 54.0 Å². The second kappa shape index (κ2) is 12.8. The lowest BCUT2D eigenvalue weighted by Crippen LogP contribution is -2.20. The lowest BCUT2D eigenvalue weighted by molar-refractivity contribution is -0.118. The molecule has 0 spiro atoms. The second-order valence-corrected chi connectivity index (χ2v) is 9.88. The molecule has 1 aliphatic rings. The molecule has 11 heteroatoms. The summed E-state index contributed by atoms with van der Waals surface area (Å²) in [6.07, 6.45) is 7.21. The first-order valence-electron chi connectivity index (χ1n) is 12.0. The lowest BCUT2D eigenvalue weighted by atomic mass is 9.95. The van der Waals surface area contributed by atoms with Gasteiger partial charge in [0.05, 0.1) is 33.3 Å². The van der Waals surface area contributed by atoms with Crippen molar-refractivity contribution in [1.82, 2.24) is 20.2 Å². The largest absolute Gasteiger partial charge is 0.496 e. The number of thioether (sulfide) groups is 1. The van der Waals surface area contributed by atoms with E-state index in [1.807, 2.05) is 24.3 Å². The van der Waals surface area contributed by atoms with Gasteiger partial charge in [-0.1, -0.05) is 42.6 Å². The van der Waals surface area contributed by atoms with Gasteiger partial charge in [-0.15, -0.1) is 10.2 Å². The van der Waals surface area contributed by atoms with Gasteiger partial charge >= 0.3 is 0 Å². The molecule has 4 rings (SSSR count). The summed E-state index contributed by atoms with van der Waals surface area (Å²) in [4.78, 5) is 12.6. The molecule has 0 saturated heterocycles. The summed E-state index contributed by atoms with van der Waals surface area (Å²) in [6.45, 7) is 0. The molecular formula is C26H30ClN5O4S. The third-order valence-corrected chi connectivity index (χ3v) is 7.36. The molecule has 0 aliphatic heterocycles. The van der Waals surface area contributed by atoms with E-state index in [4.69, 9.17) is 25.8 Å². The van der Waals surface area contributed by atoms with E-state index in [-0.39, 0.29) is 11.7 Å². The molecule has 0 atom stereocenters. The first-order valence-corrected chi connectivity index (χ1v) is 13.4. The molecule has 3 aromatic rings. The topological polar surface area (TPSA) is 99.9 Å². The maximum absolute atomic E-state index is 12.6. The molecule has 1 aromatic heterocycles. The molecule has 1 amide bonds. The number of ether oxygens (including phenoxy) is 3. The summed E-state index contributed by atoms with van der Waals surface area (Å²) in [5.41, 5.74) is 4.16. The summed E-state index contributed by atoms with van der Waals surface area (Å²) < 4.78 is 18.2. The van der Waals surface area contributed by atoms with E-state index < -0.39 is 0 Å². The minimum Gasteiger partial charge on any atom is -0.496 e. The molecule has 37 heavy (non-hydrogen) atoms. The van der Waals surface area contributed by atoms with Gasteiger partial charge < -0.3 is 14.2 Å². The predicted octanol–water partition coefficient (Wildman–Crippen LogP) is 5.37. The normalized spacial score (nSPS) is 14.1. The number of benzene rings is 2. The Labute approximate surface area is 225 Å². The van der Waals surface area contributed by atoms with Gasteiger partial charge in [0, 0.05) is 28.3 Å².